The Labute approximate surface area is 124 Å². The molecule has 1 aliphatic heterocycles. The van der Waals surface area contributed by atoms with Crippen molar-refractivity contribution in [1.29, 1.82) is 5.26 Å². The van der Waals surface area contributed by atoms with E-state index in [-0.39, 0.29) is 25.0 Å². The van der Waals surface area contributed by atoms with Gasteiger partial charge in [-0.3, -0.25) is 4.79 Å². The molecule has 21 heavy (non-hydrogen) atoms. The number of Topliss-reactive ketones (excluding diaryl/α,β-unsaturated/α-hetero) is 1. The lowest BCUT2D eigenvalue weighted by Crippen LogP contribution is -2.29. The molecule has 0 bridgehead atoms. The summed E-state index contributed by atoms with van der Waals surface area (Å²) in [6.45, 7) is 9.80. The molecule has 0 aromatic carbocycles. The Balaban J connectivity index is 0.000000394. The molecule has 1 aliphatic rings. The molecule has 0 N–H and O–H groups in total. The van der Waals surface area contributed by atoms with Crippen LogP contribution in [0.15, 0.2) is 0 Å². The van der Waals surface area contributed by atoms with E-state index >= 15 is 0 Å². The molecule has 1 fully saturated rings. The highest BCUT2D eigenvalue weighted by molar-refractivity contribution is 5.87. The summed E-state index contributed by atoms with van der Waals surface area (Å²) in [5.41, 5.74) is 0. The van der Waals surface area contributed by atoms with Gasteiger partial charge in [0.1, 0.15) is 13.2 Å². The minimum atomic E-state index is -0.418. The maximum absolute atomic E-state index is 10.7. The molecule has 0 aliphatic carbocycles. The first-order valence-electron chi connectivity index (χ1n) is 6.73. The van der Waals surface area contributed by atoms with Crippen LogP contribution in [0.5, 0.6) is 0 Å². The lowest BCUT2D eigenvalue weighted by atomic mass is 10.1. The standard InChI is InChI=1S/C8H13NO3.C6H7NO2/c1-2-12-8(10)7-11-6-4-3-5-9;1-7-5-2-3-9-4-6(5)8/h2-4,6-7H2,1H3;5H,2-4H2. The second-order valence-electron chi connectivity index (χ2n) is 4.07. The van der Waals surface area contributed by atoms with Crippen LogP contribution in [0, 0.1) is 17.9 Å². The molecule has 0 amide bonds. The van der Waals surface area contributed by atoms with E-state index in [0.717, 1.165) is 0 Å². The van der Waals surface area contributed by atoms with Crippen LogP contribution < -0.4 is 0 Å². The van der Waals surface area contributed by atoms with Gasteiger partial charge in [-0.25, -0.2) is 11.4 Å². The van der Waals surface area contributed by atoms with Gasteiger partial charge in [0.2, 0.25) is 5.78 Å². The first kappa shape index (κ1) is 19.0. The first-order valence-corrected chi connectivity index (χ1v) is 6.73. The zero-order valence-electron chi connectivity index (χ0n) is 12.2. The van der Waals surface area contributed by atoms with Crippen molar-refractivity contribution in [3.8, 4) is 6.07 Å². The number of ketones is 1. The van der Waals surface area contributed by atoms with Gasteiger partial charge in [-0.05, 0) is 13.3 Å². The van der Waals surface area contributed by atoms with Crippen molar-refractivity contribution in [2.75, 3.05) is 33.0 Å². The summed E-state index contributed by atoms with van der Waals surface area (Å²) >= 11 is 0. The van der Waals surface area contributed by atoms with Crippen molar-refractivity contribution in [3.63, 3.8) is 0 Å². The Hall–Kier alpha value is -1.96. The lowest BCUT2D eigenvalue weighted by Gasteiger charge is -2.10. The molecule has 0 saturated carbocycles. The fourth-order valence-corrected chi connectivity index (χ4v) is 1.37. The number of unbranched alkanes of at least 4 members (excludes halogenated alkanes) is 1. The van der Waals surface area contributed by atoms with Gasteiger partial charge in [-0.2, -0.15) is 5.26 Å². The summed E-state index contributed by atoms with van der Waals surface area (Å²) in [4.78, 5) is 24.5. The number of esters is 1. The quantitative estimate of drug-likeness (QED) is 0.414. The van der Waals surface area contributed by atoms with E-state index in [4.69, 9.17) is 21.3 Å². The average Bonchev–Trinajstić information content (AvgIpc) is 2.48. The summed E-state index contributed by atoms with van der Waals surface area (Å²) in [5, 5.41) is 8.16. The van der Waals surface area contributed by atoms with E-state index in [1.807, 2.05) is 6.07 Å². The van der Waals surface area contributed by atoms with Crippen molar-refractivity contribution in [3.05, 3.63) is 11.4 Å². The molecule has 1 unspecified atom stereocenters. The van der Waals surface area contributed by atoms with Gasteiger partial charge >= 0.3 is 5.97 Å². The van der Waals surface area contributed by atoms with Gasteiger partial charge in [-0.1, -0.05) is 0 Å². The van der Waals surface area contributed by atoms with Gasteiger partial charge < -0.3 is 19.1 Å². The van der Waals surface area contributed by atoms with Crippen molar-refractivity contribution < 1.29 is 23.8 Å². The molecule has 7 heteroatoms. The Morgan fingerprint density at radius 3 is 2.90 bits per heavy atom. The van der Waals surface area contributed by atoms with Gasteiger partial charge in [0.05, 0.1) is 25.7 Å². The van der Waals surface area contributed by atoms with Crippen LogP contribution >= 0.6 is 0 Å². The Morgan fingerprint density at radius 2 is 2.38 bits per heavy atom. The summed E-state index contributed by atoms with van der Waals surface area (Å²) in [5.74, 6) is -0.425. The number of carbonyl (C=O) groups excluding carboxylic acids is 2. The summed E-state index contributed by atoms with van der Waals surface area (Å²) in [6, 6.07) is 1.57. The molecule has 0 aromatic rings. The molecule has 116 valence electrons. The number of hydrogen-bond acceptors (Lipinski definition) is 6. The Bertz CT molecular complexity index is 397. The smallest absolute Gasteiger partial charge is 0.332 e. The third-order valence-electron chi connectivity index (χ3n) is 2.41. The highest BCUT2D eigenvalue weighted by atomic mass is 16.6. The fraction of sp³-hybridized carbons (Fsp3) is 0.714. The van der Waals surface area contributed by atoms with Crippen LogP contribution in [0.2, 0.25) is 0 Å². The molecular weight excluding hydrogens is 276 g/mol. The second-order valence-corrected chi connectivity index (χ2v) is 4.07. The molecule has 1 atom stereocenters. The highest BCUT2D eigenvalue weighted by Crippen LogP contribution is 2.05. The number of nitrogens with zero attached hydrogens (tertiary/aromatic N) is 2. The van der Waals surface area contributed by atoms with E-state index in [1.165, 1.54) is 0 Å². The van der Waals surface area contributed by atoms with Crippen molar-refractivity contribution >= 4 is 11.8 Å². The third kappa shape index (κ3) is 10.5. The Kier molecular flexibility index (Phi) is 11.8. The predicted octanol–water partition coefficient (Wildman–Crippen LogP) is 1.13. The molecule has 0 radical (unpaired) electrons. The van der Waals surface area contributed by atoms with E-state index in [9.17, 15) is 9.59 Å². The molecular formula is C14H20N2O5. The second kappa shape index (κ2) is 13.0. The predicted molar refractivity (Wildman–Crippen MR) is 73.1 cm³/mol. The number of hydrogen-bond donors (Lipinski definition) is 0. The average molecular weight is 296 g/mol. The minimum absolute atomic E-state index is 0.0146. The van der Waals surface area contributed by atoms with E-state index in [1.54, 1.807) is 6.92 Å². The van der Waals surface area contributed by atoms with Crippen LogP contribution in [-0.2, 0) is 23.8 Å². The van der Waals surface area contributed by atoms with Crippen molar-refractivity contribution in [1.82, 2.24) is 0 Å². The first-order chi connectivity index (χ1) is 10.2. The summed E-state index contributed by atoms with van der Waals surface area (Å²) in [7, 11) is 0. The van der Waals surface area contributed by atoms with Crippen LogP contribution in [0.25, 0.3) is 4.85 Å². The maximum atomic E-state index is 10.7. The molecule has 0 aromatic heterocycles. The number of nitriles is 1. The van der Waals surface area contributed by atoms with Crippen LogP contribution in [-0.4, -0.2) is 50.8 Å². The SMILES string of the molecule is CCOC(=O)COCCCC#N.[C-]#[N+]C1CCOCC1=O. The topological polar surface area (TPSA) is 90.0 Å². The number of ether oxygens (including phenoxy) is 3. The maximum Gasteiger partial charge on any atom is 0.332 e. The fourth-order valence-electron chi connectivity index (χ4n) is 1.37. The van der Waals surface area contributed by atoms with Crippen LogP contribution in [0.1, 0.15) is 26.2 Å². The minimum Gasteiger partial charge on any atom is -0.464 e. The third-order valence-corrected chi connectivity index (χ3v) is 2.41. The zero-order chi connectivity index (χ0) is 15.9. The Morgan fingerprint density at radius 1 is 1.62 bits per heavy atom. The molecule has 7 nitrogen and oxygen atoms in total. The molecule has 1 rings (SSSR count). The monoisotopic (exact) mass is 296 g/mol. The summed E-state index contributed by atoms with van der Waals surface area (Å²) in [6.07, 6.45) is 1.70. The van der Waals surface area contributed by atoms with Gasteiger partial charge in [0, 0.05) is 13.0 Å². The van der Waals surface area contributed by atoms with Gasteiger partial charge in [0.25, 0.3) is 6.04 Å². The van der Waals surface area contributed by atoms with E-state index in [2.05, 4.69) is 9.58 Å². The molecule has 0 spiro atoms. The van der Waals surface area contributed by atoms with E-state index < -0.39 is 6.04 Å². The van der Waals surface area contributed by atoms with Crippen molar-refractivity contribution in [2.45, 2.75) is 32.2 Å². The van der Waals surface area contributed by atoms with E-state index in [0.29, 0.717) is 39.1 Å². The molecule has 1 saturated heterocycles. The van der Waals surface area contributed by atoms with Gasteiger partial charge in [-0.15, -0.1) is 0 Å². The number of carbonyl (C=O) groups is 2. The molecule has 1 heterocycles. The largest absolute Gasteiger partial charge is 0.464 e. The normalized spacial score (nSPS) is 16.9. The van der Waals surface area contributed by atoms with Crippen molar-refractivity contribution in [2.24, 2.45) is 0 Å². The zero-order valence-corrected chi connectivity index (χ0v) is 12.2. The van der Waals surface area contributed by atoms with Gasteiger partial charge in [0.15, 0.2) is 0 Å². The van der Waals surface area contributed by atoms with Crippen LogP contribution in [0.3, 0.4) is 0 Å². The number of rotatable bonds is 6. The highest BCUT2D eigenvalue weighted by Gasteiger charge is 2.26. The summed E-state index contributed by atoms with van der Waals surface area (Å²) < 4.78 is 14.4. The lowest BCUT2D eigenvalue weighted by molar-refractivity contribution is -0.148. The van der Waals surface area contributed by atoms with Crippen LogP contribution in [0.4, 0.5) is 0 Å².